The molecule has 2 heterocycles. The van der Waals surface area contributed by atoms with E-state index in [0.29, 0.717) is 0 Å². The minimum absolute atomic E-state index is 0.898. The third-order valence-corrected chi connectivity index (χ3v) is 13.7. The van der Waals surface area contributed by atoms with Gasteiger partial charge in [-0.3, -0.25) is 0 Å². The van der Waals surface area contributed by atoms with Crippen LogP contribution in [0.5, 0.6) is 0 Å². The van der Waals surface area contributed by atoms with Crippen molar-refractivity contribution in [2.45, 2.75) is 0 Å². The first-order chi connectivity index (χ1) is 34.2. The van der Waals surface area contributed by atoms with Gasteiger partial charge in [0, 0.05) is 49.9 Å². The lowest BCUT2D eigenvalue weighted by Gasteiger charge is -2.26. The Morgan fingerprint density at radius 1 is 0.275 bits per heavy atom. The van der Waals surface area contributed by atoms with E-state index in [0.717, 1.165) is 66.8 Å². The zero-order valence-electron chi connectivity index (χ0n) is 37.7. The molecule has 0 aliphatic carbocycles. The number of para-hydroxylation sites is 3. The van der Waals surface area contributed by atoms with Crippen LogP contribution in [0.2, 0.25) is 0 Å². The van der Waals surface area contributed by atoms with Crippen LogP contribution in [0.25, 0.3) is 104 Å². The molecule has 0 radical (unpaired) electrons. The number of benzene rings is 11. The smallest absolute Gasteiger partial charge is 0.143 e. The Morgan fingerprint density at radius 2 is 0.710 bits per heavy atom. The molecule has 11 aromatic carbocycles. The highest BCUT2D eigenvalue weighted by atomic mass is 16.3. The molecule has 0 spiro atoms. The molecule has 0 atom stereocenters. The van der Waals surface area contributed by atoms with E-state index in [9.17, 15) is 0 Å². The molecule has 0 aliphatic rings. The van der Waals surface area contributed by atoms with Crippen molar-refractivity contribution in [3.05, 3.63) is 267 Å². The molecule has 0 N–H and O–H groups in total. The number of nitrogens with zero attached hydrogens (tertiary/aromatic N) is 2. The molecule has 13 rings (SSSR count). The van der Waals surface area contributed by atoms with Crippen LogP contribution < -0.4 is 4.90 Å². The molecule has 3 heteroatoms. The Balaban J connectivity index is 1.01. The minimum atomic E-state index is 0.898. The zero-order valence-corrected chi connectivity index (χ0v) is 37.7. The Morgan fingerprint density at radius 3 is 1.35 bits per heavy atom. The second-order valence-electron chi connectivity index (χ2n) is 17.6. The van der Waals surface area contributed by atoms with Crippen LogP contribution in [0.4, 0.5) is 17.1 Å². The van der Waals surface area contributed by atoms with Gasteiger partial charge in [0.25, 0.3) is 0 Å². The Labute approximate surface area is 400 Å². The van der Waals surface area contributed by atoms with Crippen LogP contribution in [0.1, 0.15) is 0 Å². The van der Waals surface area contributed by atoms with Gasteiger partial charge in [0.1, 0.15) is 11.2 Å². The maximum atomic E-state index is 6.48. The summed E-state index contributed by atoms with van der Waals surface area (Å²) in [6.45, 7) is 0. The molecular formula is C66H44N2O. The maximum Gasteiger partial charge on any atom is 0.143 e. The average molecular weight is 881 g/mol. The van der Waals surface area contributed by atoms with Gasteiger partial charge in [-0.1, -0.05) is 194 Å². The van der Waals surface area contributed by atoms with Crippen LogP contribution in [-0.4, -0.2) is 4.57 Å². The molecule has 0 unspecified atom stereocenters. The van der Waals surface area contributed by atoms with Crippen LogP contribution in [0, 0.1) is 0 Å². The predicted octanol–water partition coefficient (Wildman–Crippen LogP) is 18.6. The third-order valence-electron chi connectivity index (χ3n) is 13.7. The topological polar surface area (TPSA) is 21.3 Å². The molecule has 0 saturated carbocycles. The maximum absolute atomic E-state index is 6.48. The van der Waals surface area contributed by atoms with Gasteiger partial charge in [-0.2, -0.15) is 0 Å². The van der Waals surface area contributed by atoms with Crippen molar-refractivity contribution < 1.29 is 4.42 Å². The van der Waals surface area contributed by atoms with Gasteiger partial charge in [-0.25, -0.2) is 0 Å². The zero-order chi connectivity index (χ0) is 45.7. The fourth-order valence-corrected chi connectivity index (χ4v) is 10.4. The van der Waals surface area contributed by atoms with Crippen molar-refractivity contribution in [3.63, 3.8) is 0 Å². The highest BCUT2D eigenvalue weighted by Crippen LogP contribution is 2.41. The lowest BCUT2D eigenvalue weighted by molar-refractivity contribution is 0.670. The number of hydrogen-bond donors (Lipinski definition) is 0. The minimum Gasteiger partial charge on any atom is -0.455 e. The first-order valence-electron chi connectivity index (χ1n) is 23.6. The van der Waals surface area contributed by atoms with E-state index >= 15 is 0 Å². The van der Waals surface area contributed by atoms with Crippen molar-refractivity contribution in [2.24, 2.45) is 0 Å². The molecule has 2 aromatic heterocycles. The Bertz CT molecular complexity index is 4090. The molecule has 0 bridgehead atoms. The summed E-state index contributed by atoms with van der Waals surface area (Å²) in [5.41, 5.74) is 15.1. The standard InChI is InChI=1S/C66H44N2O/c1-3-16-45(17-4-1)47-30-35-50(36-31-47)67(51-37-32-48(33-38-51)54-26-15-27-61-60-25-12-14-29-65(60)69-66(54)61)52-39-41-53(42-40-52)68-63-28-13-11-24-59(63)57-22-9-7-20-55(57)56-21-8-10-23-58(56)62-44-49(34-43-64(62)68)46-18-5-2-6-19-46/h1-44H. The molecule has 0 saturated heterocycles. The van der Waals surface area contributed by atoms with E-state index in [1.165, 1.54) is 54.6 Å². The van der Waals surface area contributed by atoms with E-state index in [2.05, 4.69) is 264 Å². The van der Waals surface area contributed by atoms with Gasteiger partial charge >= 0.3 is 0 Å². The molecule has 324 valence electrons. The summed E-state index contributed by atoms with van der Waals surface area (Å²) < 4.78 is 8.93. The third kappa shape index (κ3) is 7.08. The quantitative estimate of drug-likeness (QED) is 0.159. The number of fused-ring (bicyclic) bond motifs is 10. The Hall–Kier alpha value is -9.18. The molecule has 0 amide bonds. The number of anilines is 3. The second kappa shape index (κ2) is 16.9. The molecule has 13 aromatic rings. The van der Waals surface area contributed by atoms with Gasteiger partial charge in [-0.05, 0) is 122 Å². The fourth-order valence-electron chi connectivity index (χ4n) is 10.4. The summed E-state index contributed by atoms with van der Waals surface area (Å²) in [5.74, 6) is 0. The molecule has 3 nitrogen and oxygen atoms in total. The summed E-state index contributed by atoms with van der Waals surface area (Å²) in [6.07, 6.45) is 0. The summed E-state index contributed by atoms with van der Waals surface area (Å²) in [4.78, 5) is 2.35. The predicted molar refractivity (Wildman–Crippen MR) is 292 cm³/mol. The van der Waals surface area contributed by atoms with E-state index in [-0.39, 0.29) is 0 Å². The van der Waals surface area contributed by atoms with Crippen molar-refractivity contribution in [1.82, 2.24) is 4.57 Å². The van der Waals surface area contributed by atoms with E-state index in [1.54, 1.807) is 0 Å². The lowest BCUT2D eigenvalue weighted by atomic mass is 9.99. The fraction of sp³-hybridized carbons (Fsp3) is 0. The summed E-state index contributed by atoms with van der Waals surface area (Å²) in [6, 6.07) is 96.3. The normalized spacial score (nSPS) is 11.5. The van der Waals surface area contributed by atoms with Gasteiger partial charge in [0.2, 0.25) is 0 Å². The van der Waals surface area contributed by atoms with Gasteiger partial charge < -0.3 is 13.9 Å². The van der Waals surface area contributed by atoms with Crippen molar-refractivity contribution >= 4 is 82.4 Å². The van der Waals surface area contributed by atoms with Crippen molar-refractivity contribution in [1.29, 1.82) is 0 Å². The monoisotopic (exact) mass is 880 g/mol. The highest BCUT2D eigenvalue weighted by molar-refractivity contribution is 6.20. The molecule has 0 aliphatic heterocycles. The Kier molecular flexibility index (Phi) is 9.84. The van der Waals surface area contributed by atoms with Gasteiger partial charge in [0.05, 0.1) is 11.0 Å². The van der Waals surface area contributed by atoms with Crippen LogP contribution in [0.3, 0.4) is 0 Å². The van der Waals surface area contributed by atoms with E-state index < -0.39 is 0 Å². The van der Waals surface area contributed by atoms with Crippen LogP contribution >= 0.6 is 0 Å². The molecular weight excluding hydrogens is 837 g/mol. The summed E-state index contributed by atoms with van der Waals surface area (Å²) >= 11 is 0. The van der Waals surface area contributed by atoms with Gasteiger partial charge in [-0.15, -0.1) is 0 Å². The lowest BCUT2D eigenvalue weighted by Crippen LogP contribution is -2.10. The largest absolute Gasteiger partial charge is 0.455 e. The van der Waals surface area contributed by atoms with Gasteiger partial charge in [0.15, 0.2) is 0 Å². The van der Waals surface area contributed by atoms with Crippen LogP contribution in [-0.2, 0) is 0 Å². The van der Waals surface area contributed by atoms with E-state index in [1.807, 2.05) is 12.1 Å². The molecule has 0 fully saturated rings. The van der Waals surface area contributed by atoms with Crippen LogP contribution in [0.15, 0.2) is 271 Å². The number of furan rings is 1. The second-order valence-corrected chi connectivity index (χ2v) is 17.6. The number of hydrogen-bond acceptors (Lipinski definition) is 2. The first kappa shape index (κ1) is 40.1. The highest BCUT2D eigenvalue weighted by Gasteiger charge is 2.18. The number of rotatable bonds is 7. The van der Waals surface area contributed by atoms with E-state index in [4.69, 9.17) is 4.42 Å². The molecule has 69 heavy (non-hydrogen) atoms. The number of aromatic nitrogens is 1. The summed E-state index contributed by atoms with van der Waals surface area (Å²) in [7, 11) is 0. The van der Waals surface area contributed by atoms with Crippen molar-refractivity contribution in [2.75, 3.05) is 4.90 Å². The summed E-state index contributed by atoms with van der Waals surface area (Å²) in [5, 5.41) is 9.40. The van der Waals surface area contributed by atoms with Crippen molar-refractivity contribution in [3.8, 4) is 39.1 Å². The average Bonchev–Trinajstić information content (AvgIpc) is 3.83. The SMILES string of the molecule is c1ccc(-c2ccc(N(c3ccc(-c4cccc5c4oc4ccccc45)cc3)c3ccc(-n4c5ccccc5c5ccccc5c5ccccc5c5cc(-c6ccccc6)ccc54)cc3)cc2)cc1. The first-order valence-corrected chi connectivity index (χ1v) is 23.6.